The summed E-state index contributed by atoms with van der Waals surface area (Å²) >= 11 is 5.65. The molecule has 1 aromatic rings. The van der Waals surface area contributed by atoms with Gasteiger partial charge in [0.05, 0.1) is 4.92 Å². The Hall–Kier alpha value is -1.66. The summed E-state index contributed by atoms with van der Waals surface area (Å²) in [4.78, 5) is 21.8. The van der Waals surface area contributed by atoms with Crippen LogP contribution in [0.2, 0.25) is 5.02 Å². The fourth-order valence-corrected chi connectivity index (χ4v) is 1.41. The van der Waals surface area contributed by atoms with Crippen LogP contribution in [0.1, 0.15) is 10.4 Å². The molecule has 0 radical (unpaired) electrons. The SMILES string of the molecule is CNCCNC(=O)c1ccc(Cl)cc1[N+](=O)[O-]. The van der Waals surface area contributed by atoms with Crippen LogP contribution in [0.15, 0.2) is 18.2 Å². The van der Waals surface area contributed by atoms with E-state index in [-0.39, 0.29) is 16.3 Å². The van der Waals surface area contributed by atoms with E-state index in [4.69, 9.17) is 11.6 Å². The summed E-state index contributed by atoms with van der Waals surface area (Å²) in [5.74, 6) is -0.483. The Morgan fingerprint density at radius 3 is 2.76 bits per heavy atom. The number of nitro groups is 1. The molecule has 0 fully saturated rings. The predicted octanol–water partition coefficient (Wildman–Crippen LogP) is 1.20. The summed E-state index contributed by atoms with van der Waals surface area (Å²) in [6.07, 6.45) is 0. The quantitative estimate of drug-likeness (QED) is 0.472. The van der Waals surface area contributed by atoms with Gasteiger partial charge in [0, 0.05) is 24.2 Å². The van der Waals surface area contributed by atoms with Gasteiger partial charge in [0.25, 0.3) is 11.6 Å². The van der Waals surface area contributed by atoms with Crippen molar-refractivity contribution in [3.8, 4) is 0 Å². The highest BCUT2D eigenvalue weighted by atomic mass is 35.5. The number of nitrogens with one attached hydrogen (secondary N) is 2. The summed E-state index contributed by atoms with van der Waals surface area (Å²) in [6, 6.07) is 3.95. The topological polar surface area (TPSA) is 84.3 Å². The van der Waals surface area contributed by atoms with Gasteiger partial charge < -0.3 is 10.6 Å². The lowest BCUT2D eigenvalue weighted by Crippen LogP contribution is -2.30. The number of nitro benzene ring substituents is 1. The minimum absolute atomic E-state index is 0.00973. The highest BCUT2D eigenvalue weighted by Crippen LogP contribution is 2.22. The first-order chi connectivity index (χ1) is 8.06. The van der Waals surface area contributed by atoms with Crippen LogP contribution >= 0.6 is 11.6 Å². The maximum absolute atomic E-state index is 11.7. The number of benzene rings is 1. The van der Waals surface area contributed by atoms with Gasteiger partial charge in [0.1, 0.15) is 5.56 Å². The standard InChI is InChI=1S/C10H12ClN3O3/c1-12-4-5-13-10(15)8-3-2-7(11)6-9(8)14(16)17/h2-3,6,12H,4-5H2,1H3,(H,13,15). The van der Waals surface area contributed by atoms with Crippen molar-refractivity contribution in [1.82, 2.24) is 10.6 Å². The molecule has 0 heterocycles. The van der Waals surface area contributed by atoms with E-state index in [1.165, 1.54) is 12.1 Å². The van der Waals surface area contributed by atoms with Crippen molar-refractivity contribution in [3.05, 3.63) is 38.9 Å². The second-order valence-corrected chi connectivity index (χ2v) is 3.71. The van der Waals surface area contributed by atoms with Crippen LogP contribution in [0.4, 0.5) is 5.69 Å². The Labute approximate surface area is 103 Å². The third-order valence-electron chi connectivity index (χ3n) is 2.06. The molecule has 2 N–H and O–H groups in total. The third kappa shape index (κ3) is 3.69. The molecular formula is C10H12ClN3O3. The van der Waals surface area contributed by atoms with Crippen molar-refractivity contribution in [2.75, 3.05) is 20.1 Å². The van der Waals surface area contributed by atoms with Crippen LogP contribution < -0.4 is 10.6 Å². The van der Waals surface area contributed by atoms with Gasteiger partial charge in [-0.25, -0.2) is 0 Å². The van der Waals surface area contributed by atoms with Crippen LogP contribution in [0.5, 0.6) is 0 Å². The van der Waals surface area contributed by atoms with Crippen molar-refractivity contribution in [2.45, 2.75) is 0 Å². The number of halogens is 1. The summed E-state index contributed by atoms with van der Waals surface area (Å²) < 4.78 is 0. The minimum Gasteiger partial charge on any atom is -0.351 e. The zero-order valence-electron chi connectivity index (χ0n) is 9.20. The molecule has 17 heavy (non-hydrogen) atoms. The zero-order valence-corrected chi connectivity index (χ0v) is 9.95. The van der Waals surface area contributed by atoms with Crippen molar-refractivity contribution >= 4 is 23.2 Å². The Morgan fingerprint density at radius 1 is 1.47 bits per heavy atom. The maximum Gasteiger partial charge on any atom is 0.283 e. The number of carbonyl (C=O) groups excluding carboxylic acids is 1. The zero-order chi connectivity index (χ0) is 12.8. The lowest BCUT2D eigenvalue weighted by atomic mass is 10.1. The highest BCUT2D eigenvalue weighted by molar-refractivity contribution is 6.31. The molecule has 0 aliphatic heterocycles. The molecule has 6 nitrogen and oxygen atoms in total. The van der Waals surface area contributed by atoms with Gasteiger partial charge in [-0.2, -0.15) is 0 Å². The molecule has 0 saturated carbocycles. The molecule has 0 atom stereocenters. The van der Waals surface area contributed by atoms with E-state index >= 15 is 0 Å². The van der Waals surface area contributed by atoms with E-state index in [9.17, 15) is 14.9 Å². The number of hydrogen-bond acceptors (Lipinski definition) is 4. The van der Waals surface area contributed by atoms with Crippen LogP contribution in [0.25, 0.3) is 0 Å². The number of rotatable bonds is 5. The second kappa shape index (κ2) is 6.17. The van der Waals surface area contributed by atoms with Gasteiger partial charge in [0.2, 0.25) is 0 Å². The van der Waals surface area contributed by atoms with E-state index < -0.39 is 10.8 Å². The van der Waals surface area contributed by atoms with Crippen LogP contribution in [-0.4, -0.2) is 31.0 Å². The number of amides is 1. The lowest BCUT2D eigenvalue weighted by molar-refractivity contribution is -0.385. The number of nitrogens with zero attached hydrogens (tertiary/aromatic N) is 1. The van der Waals surface area contributed by atoms with Crippen LogP contribution in [0, 0.1) is 10.1 Å². The maximum atomic E-state index is 11.7. The first-order valence-corrected chi connectivity index (χ1v) is 5.30. The average molecular weight is 258 g/mol. The largest absolute Gasteiger partial charge is 0.351 e. The Morgan fingerprint density at radius 2 is 2.18 bits per heavy atom. The van der Waals surface area contributed by atoms with E-state index in [0.29, 0.717) is 13.1 Å². The van der Waals surface area contributed by atoms with Crippen LogP contribution in [0.3, 0.4) is 0 Å². The van der Waals surface area contributed by atoms with Crippen LogP contribution in [-0.2, 0) is 0 Å². The Bertz CT molecular complexity index is 437. The average Bonchev–Trinajstić information content (AvgIpc) is 2.29. The van der Waals surface area contributed by atoms with Gasteiger partial charge in [-0.05, 0) is 19.2 Å². The summed E-state index contributed by atoms with van der Waals surface area (Å²) in [5, 5.41) is 16.4. The minimum atomic E-state index is -0.626. The molecule has 0 aliphatic rings. The molecule has 0 saturated heterocycles. The van der Waals surface area contributed by atoms with E-state index in [0.717, 1.165) is 6.07 Å². The second-order valence-electron chi connectivity index (χ2n) is 3.28. The van der Waals surface area contributed by atoms with Crippen molar-refractivity contribution in [2.24, 2.45) is 0 Å². The van der Waals surface area contributed by atoms with Gasteiger partial charge in [-0.15, -0.1) is 0 Å². The molecule has 0 spiro atoms. The van der Waals surface area contributed by atoms with Gasteiger partial charge in [-0.1, -0.05) is 11.6 Å². The summed E-state index contributed by atoms with van der Waals surface area (Å²) in [7, 11) is 1.75. The monoisotopic (exact) mass is 257 g/mol. The normalized spacial score (nSPS) is 10.0. The molecule has 92 valence electrons. The van der Waals surface area contributed by atoms with E-state index in [2.05, 4.69) is 10.6 Å². The third-order valence-corrected chi connectivity index (χ3v) is 2.30. The molecular weight excluding hydrogens is 246 g/mol. The lowest BCUT2D eigenvalue weighted by Gasteiger charge is -2.05. The first-order valence-electron chi connectivity index (χ1n) is 4.93. The molecule has 7 heteroatoms. The molecule has 1 aromatic carbocycles. The molecule has 1 amide bonds. The molecule has 0 aliphatic carbocycles. The number of carbonyl (C=O) groups is 1. The van der Waals surface area contributed by atoms with Crippen molar-refractivity contribution in [1.29, 1.82) is 0 Å². The number of likely N-dealkylation sites (N-methyl/N-ethyl adjacent to an activating group) is 1. The Balaban J connectivity index is 2.89. The first kappa shape index (κ1) is 13.4. The van der Waals surface area contributed by atoms with Gasteiger partial charge in [0.15, 0.2) is 0 Å². The predicted molar refractivity (Wildman–Crippen MR) is 64.4 cm³/mol. The molecule has 0 aromatic heterocycles. The smallest absolute Gasteiger partial charge is 0.283 e. The van der Waals surface area contributed by atoms with E-state index in [1.807, 2.05) is 0 Å². The fourth-order valence-electron chi connectivity index (χ4n) is 1.24. The summed E-state index contributed by atoms with van der Waals surface area (Å²) in [5.41, 5.74) is -0.282. The Kier molecular flexibility index (Phi) is 4.86. The van der Waals surface area contributed by atoms with E-state index in [1.54, 1.807) is 7.05 Å². The molecule has 1 rings (SSSR count). The summed E-state index contributed by atoms with van der Waals surface area (Å²) in [6.45, 7) is 0.988. The van der Waals surface area contributed by atoms with Crippen molar-refractivity contribution in [3.63, 3.8) is 0 Å². The van der Waals surface area contributed by atoms with Crippen molar-refractivity contribution < 1.29 is 9.72 Å². The number of hydrogen-bond donors (Lipinski definition) is 2. The molecule has 0 bridgehead atoms. The molecule has 0 unspecified atom stereocenters. The highest BCUT2D eigenvalue weighted by Gasteiger charge is 2.19. The van der Waals surface area contributed by atoms with Gasteiger partial charge in [-0.3, -0.25) is 14.9 Å². The van der Waals surface area contributed by atoms with Gasteiger partial charge >= 0.3 is 0 Å². The fraction of sp³-hybridized carbons (Fsp3) is 0.300.